The van der Waals surface area contributed by atoms with Crippen molar-refractivity contribution in [2.24, 2.45) is 21.6 Å². The minimum atomic E-state index is -1.98. The van der Waals surface area contributed by atoms with E-state index in [1.54, 1.807) is 50.2 Å². The highest BCUT2D eigenvalue weighted by Crippen LogP contribution is 2.40. The first-order chi connectivity index (χ1) is 35.1. The Kier molecular flexibility index (Phi) is 17.2. The number of esters is 1. The number of hydrogen-bond donors (Lipinski definition) is 9. The standard InChI is InChI=1S/C50H60N12O11/c1-3-34-44(66)61-38(22-28-12-6-5-7-13-28)46(68)60-37(45(67)59-36(17-11-19-54-49(51)52)43(65)55-25-41(64)57-34)16-10-18-40(63)53-20-21-73-56-24-30-29-14-8-9-15-35(29)58-42-31(30)26-62-39(42)23-33-32(47(62)69)27-72-48(70)50(33,71)4-2/h5-9,12-15,23-24,34,36-38,71H,3-4,10-11,16-22,25-27H2,1-2H3,(H,53,63)(H,55,65)(H,57,64)(H,59,67)(H,60,68)(H,61,66)(H4,51,52,54)/b56-24-/t34-,36-,37-,38+,50-/m0/s1. The van der Waals surface area contributed by atoms with E-state index in [1.807, 2.05) is 24.3 Å². The number of cyclic esters (lactones) is 1. The lowest BCUT2D eigenvalue weighted by Crippen LogP contribution is -2.58. The number of oxime groups is 1. The summed E-state index contributed by atoms with van der Waals surface area (Å²) in [5.74, 6) is -4.81. The van der Waals surface area contributed by atoms with E-state index in [0.717, 1.165) is 5.39 Å². The number of ether oxygens (including phenoxy) is 1. The number of fused-ring (bicyclic) bond motifs is 5. The predicted molar refractivity (Wildman–Crippen MR) is 266 cm³/mol. The van der Waals surface area contributed by atoms with Crippen molar-refractivity contribution in [2.75, 3.05) is 26.2 Å². The molecule has 0 saturated carbocycles. The van der Waals surface area contributed by atoms with Gasteiger partial charge in [-0.2, -0.15) is 0 Å². The summed E-state index contributed by atoms with van der Waals surface area (Å²) in [6, 6.07) is 13.2. The molecule has 7 rings (SSSR count). The monoisotopic (exact) mass is 1000 g/mol. The molecule has 23 nitrogen and oxygen atoms in total. The number of carbonyl (C=O) groups is 7. The Morgan fingerprint density at radius 1 is 0.890 bits per heavy atom. The van der Waals surface area contributed by atoms with Crippen molar-refractivity contribution in [3.8, 4) is 11.4 Å². The van der Waals surface area contributed by atoms with E-state index in [-0.39, 0.29) is 101 Å². The molecular formula is C50H60N12O11. The van der Waals surface area contributed by atoms with E-state index in [9.17, 15) is 43.5 Å². The van der Waals surface area contributed by atoms with Gasteiger partial charge in [0.1, 0.15) is 37.4 Å². The summed E-state index contributed by atoms with van der Waals surface area (Å²) in [5.41, 5.74) is 12.5. The highest BCUT2D eigenvalue weighted by atomic mass is 16.6. The molecule has 0 spiro atoms. The van der Waals surface area contributed by atoms with Gasteiger partial charge in [0.05, 0.1) is 48.3 Å². The van der Waals surface area contributed by atoms with Gasteiger partial charge in [0.2, 0.25) is 35.4 Å². The number of aromatic nitrogens is 2. The zero-order valence-electron chi connectivity index (χ0n) is 40.5. The van der Waals surface area contributed by atoms with Crippen LogP contribution in [0.3, 0.4) is 0 Å². The molecule has 5 heterocycles. The molecule has 73 heavy (non-hydrogen) atoms. The van der Waals surface area contributed by atoms with Crippen LogP contribution in [0.5, 0.6) is 0 Å². The first kappa shape index (κ1) is 52.6. The molecule has 2 aromatic heterocycles. The summed E-state index contributed by atoms with van der Waals surface area (Å²) >= 11 is 0. The van der Waals surface area contributed by atoms with Crippen LogP contribution < -0.4 is 48.9 Å². The van der Waals surface area contributed by atoms with E-state index in [4.69, 9.17) is 26.0 Å². The highest BCUT2D eigenvalue weighted by molar-refractivity contribution is 6.02. The third-order valence-electron chi connectivity index (χ3n) is 12.9. The number of pyridine rings is 2. The zero-order chi connectivity index (χ0) is 52.2. The number of nitrogens with one attached hydrogen (secondary N) is 6. The van der Waals surface area contributed by atoms with Gasteiger partial charge in [-0.25, -0.2) is 9.78 Å². The van der Waals surface area contributed by atoms with Crippen LogP contribution in [0.15, 0.2) is 75.6 Å². The van der Waals surface area contributed by atoms with Gasteiger partial charge in [-0.05, 0) is 56.2 Å². The molecule has 1 saturated heterocycles. The van der Waals surface area contributed by atoms with Crippen LogP contribution in [0.2, 0.25) is 0 Å². The Morgan fingerprint density at radius 2 is 1.58 bits per heavy atom. The number of carbonyl (C=O) groups excluding carboxylic acids is 7. The van der Waals surface area contributed by atoms with E-state index in [1.165, 1.54) is 10.8 Å². The topological polar surface area (TPSA) is 342 Å². The van der Waals surface area contributed by atoms with Crippen LogP contribution in [-0.4, -0.2) is 119 Å². The number of nitrogens with two attached hydrogens (primary N) is 2. The molecule has 0 unspecified atom stereocenters. The maximum Gasteiger partial charge on any atom is 0.343 e. The van der Waals surface area contributed by atoms with Gasteiger partial charge < -0.3 is 62.6 Å². The Labute approximate surface area is 419 Å². The summed E-state index contributed by atoms with van der Waals surface area (Å²) in [6.45, 7) is 2.84. The quantitative estimate of drug-likeness (QED) is 0.0186. The van der Waals surface area contributed by atoms with Crippen LogP contribution in [0.4, 0.5) is 0 Å². The lowest BCUT2D eigenvalue weighted by atomic mass is 9.86. The van der Waals surface area contributed by atoms with E-state index in [0.29, 0.717) is 33.6 Å². The SMILES string of the molecule is CC[C@@H]1NC(=O)CNC(=O)[C@H](CCCN=C(N)N)NC(=O)[C@H](CCCC(=O)NCCO/N=C\c2c3c(nc4ccccc24)-c2cc4c(c(=O)n2C3)COC(=O)[C@]4(O)CC)NC(=O)[C@@H](Cc2ccccc2)NC1=O. The van der Waals surface area contributed by atoms with Crippen LogP contribution in [0.25, 0.3) is 22.3 Å². The Bertz CT molecular complexity index is 2890. The first-order valence-electron chi connectivity index (χ1n) is 24.2. The molecule has 5 atom stereocenters. The second-order valence-electron chi connectivity index (χ2n) is 17.9. The molecule has 4 aromatic rings. The van der Waals surface area contributed by atoms with Gasteiger partial charge >= 0.3 is 5.97 Å². The van der Waals surface area contributed by atoms with Crippen molar-refractivity contribution in [3.63, 3.8) is 0 Å². The van der Waals surface area contributed by atoms with Crippen molar-refractivity contribution in [3.05, 3.63) is 98.8 Å². The summed E-state index contributed by atoms with van der Waals surface area (Å²) in [4.78, 5) is 122. The summed E-state index contributed by atoms with van der Waals surface area (Å²) in [5, 5.41) is 32.2. The second-order valence-corrected chi connectivity index (χ2v) is 17.9. The maximum atomic E-state index is 14.1. The summed E-state index contributed by atoms with van der Waals surface area (Å²) in [6.07, 6.45) is 2.03. The lowest BCUT2D eigenvalue weighted by Gasteiger charge is -2.31. The average Bonchev–Trinajstić information content (AvgIpc) is 3.75. The van der Waals surface area contributed by atoms with Gasteiger partial charge in [0.25, 0.3) is 5.56 Å². The smallest absolute Gasteiger partial charge is 0.343 e. The third kappa shape index (κ3) is 12.5. The Morgan fingerprint density at radius 3 is 2.32 bits per heavy atom. The number of hydrogen-bond acceptors (Lipinski definition) is 14. The van der Waals surface area contributed by atoms with Crippen molar-refractivity contribution in [1.29, 1.82) is 0 Å². The van der Waals surface area contributed by atoms with Crippen LogP contribution in [0, 0.1) is 0 Å². The van der Waals surface area contributed by atoms with E-state index >= 15 is 0 Å². The van der Waals surface area contributed by atoms with Crippen molar-refractivity contribution < 1.29 is 48.2 Å². The molecule has 0 aliphatic carbocycles. The Balaban J connectivity index is 1.01. The molecule has 0 bridgehead atoms. The van der Waals surface area contributed by atoms with Gasteiger partial charge in [-0.15, -0.1) is 0 Å². The van der Waals surface area contributed by atoms with Crippen molar-refractivity contribution in [2.45, 2.75) is 108 Å². The van der Waals surface area contributed by atoms with Crippen molar-refractivity contribution in [1.82, 2.24) is 41.5 Å². The van der Waals surface area contributed by atoms with Gasteiger partial charge in [0, 0.05) is 41.5 Å². The number of aliphatic imine (C=N–C) groups is 1. The fourth-order valence-electron chi connectivity index (χ4n) is 8.95. The molecule has 6 amide bonds. The van der Waals surface area contributed by atoms with Gasteiger partial charge in [0.15, 0.2) is 11.6 Å². The number of guanidine groups is 1. The maximum absolute atomic E-state index is 14.1. The molecule has 1 fully saturated rings. The number of benzene rings is 2. The largest absolute Gasteiger partial charge is 0.458 e. The van der Waals surface area contributed by atoms with Crippen LogP contribution in [0.1, 0.15) is 86.6 Å². The minimum absolute atomic E-state index is 0.00541. The fourth-order valence-corrected chi connectivity index (χ4v) is 8.95. The normalized spacial score (nSPS) is 21.2. The van der Waals surface area contributed by atoms with E-state index < -0.39 is 83.3 Å². The number of nitrogens with zero attached hydrogens (tertiary/aromatic N) is 4. The molecule has 23 heteroatoms. The molecular weight excluding hydrogens is 945 g/mol. The zero-order valence-corrected chi connectivity index (χ0v) is 40.5. The molecule has 386 valence electrons. The minimum Gasteiger partial charge on any atom is -0.458 e. The number of amides is 6. The predicted octanol–water partition coefficient (Wildman–Crippen LogP) is -0.508. The molecule has 3 aliphatic heterocycles. The molecule has 2 aromatic carbocycles. The fraction of sp³-hybridized carbons (Fsp3) is 0.420. The van der Waals surface area contributed by atoms with Crippen LogP contribution >= 0.6 is 0 Å². The van der Waals surface area contributed by atoms with Crippen LogP contribution in [-0.2, 0) is 68.3 Å². The number of rotatable bonds is 17. The molecule has 3 aliphatic rings. The van der Waals surface area contributed by atoms with Gasteiger partial charge in [-0.3, -0.25) is 38.6 Å². The lowest BCUT2D eigenvalue weighted by molar-refractivity contribution is -0.172. The molecule has 0 radical (unpaired) electrons. The highest BCUT2D eigenvalue weighted by Gasteiger charge is 2.45. The average molecular weight is 1010 g/mol. The summed E-state index contributed by atoms with van der Waals surface area (Å²) < 4.78 is 6.73. The third-order valence-corrected chi connectivity index (χ3v) is 12.9. The molecule has 11 N–H and O–H groups in total. The van der Waals surface area contributed by atoms with Gasteiger partial charge in [-0.1, -0.05) is 67.5 Å². The number of para-hydroxylation sites is 1. The van der Waals surface area contributed by atoms with E-state index in [2.05, 4.69) is 42.0 Å². The Hall–Kier alpha value is -8.21. The first-order valence-corrected chi connectivity index (χ1v) is 24.2. The number of aliphatic hydroxyl groups is 1. The summed E-state index contributed by atoms with van der Waals surface area (Å²) in [7, 11) is 0. The second kappa shape index (κ2) is 23.8. The van der Waals surface area contributed by atoms with Crippen molar-refractivity contribution >= 4 is 64.5 Å².